The van der Waals surface area contributed by atoms with Crippen molar-refractivity contribution >= 4 is 6.03 Å². The van der Waals surface area contributed by atoms with Crippen LogP contribution in [0.1, 0.15) is 18.9 Å². The van der Waals surface area contributed by atoms with Crippen LogP contribution in [0, 0.1) is 6.92 Å². The van der Waals surface area contributed by atoms with Crippen molar-refractivity contribution in [1.29, 1.82) is 0 Å². The topological polar surface area (TPSA) is 44.8 Å². The predicted molar refractivity (Wildman–Crippen MR) is 88.4 cm³/mol. The number of benzene rings is 1. The summed E-state index contributed by atoms with van der Waals surface area (Å²) in [5.41, 5.74) is 1.21. The van der Waals surface area contributed by atoms with Crippen LogP contribution in [-0.4, -0.2) is 61.7 Å². The number of nitrogens with zero attached hydrogens (tertiary/aromatic N) is 2. The Kier molecular flexibility index (Phi) is 6.07. The highest BCUT2D eigenvalue weighted by molar-refractivity contribution is 5.74. The number of rotatable bonds is 4. The summed E-state index contributed by atoms with van der Waals surface area (Å²) in [5.74, 6) is 0.836. The number of aryl methyl sites for hydroxylation is 1. The average molecular weight is 305 g/mol. The van der Waals surface area contributed by atoms with E-state index in [0.717, 1.165) is 38.3 Å². The summed E-state index contributed by atoms with van der Waals surface area (Å²) in [6.07, 6.45) is 1.03. The van der Waals surface area contributed by atoms with Crippen LogP contribution in [-0.2, 0) is 0 Å². The summed E-state index contributed by atoms with van der Waals surface area (Å²) >= 11 is 0. The number of amides is 2. The van der Waals surface area contributed by atoms with E-state index in [-0.39, 0.29) is 12.1 Å². The molecule has 1 aliphatic heterocycles. The molecule has 22 heavy (non-hydrogen) atoms. The molecule has 122 valence electrons. The molecule has 1 aromatic carbocycles. The number of urea groups is 1. The van der Waals surface area contributed by atoms with Crippen molar-refractivity contribution in [1.82, 2.24) is 15.1 Å². The Morgan fingerprint density at radius 3 is 2.68 bits per heavy atom. The van der Waals surface area contributed by atoms with Crippen LogP contribution in [0.25, 0.3) is 0 Å². The molecule has 2 rings (SSSR count). The van der Waals surface area contributed by atoms with E-state index in [9.17, 15) is 4.79 Å². The minimum Gasteiger partial charge on any atom is -0.491 e. The average Bonchev–Trinajstić information content (AvgIpc) is 2.71. The van der Waals surface area contributed by atoms with E-state index in [1.54, 1.807) is 0 Å². The molecule has 0 spiro atoms. The number of hydrogen-bond donors (Lipinski definition) is 1. The van der Waals surface area contributed by atoms with Crippen LogP contribution < -0.4 is 10.1 Å². The van der Waals surface area contributed by atoms with Gasteiger partial charge in [0.25, 0.3) is 0 Å². The molecule has 1 aromatic rings. The quantitative estimate of drug-likeness (QED) is 0.926. The zero-order valence-corrected chi connectivity index (χ0v) is 13.8. The van der Waals surface area contributed by atoms with Crippen molar-refractivity contribution in [3.05, 3.63) is 29.8 Å². The first-order chi connectivity index (χ1) is 10.5. The maximum absolute atomic E-state index is 12.3. The van der Waals surface area contributed by atoms with Crippen LogP contribution >= 0.6 is 0 Å². The van der Waals surface area contributed by atoms with Crippen molar-refractivity contribution < 1.29 is 9.53 Å². The summed E-state index contributed by atoms with van der Waals surface area (Å²) in [7, 11) is 2.10. The van der Waals surface area contributed by atoms with Crippen molar-refractivity contribution in [2.75, 3.05) is 39.8 Å². The van der Waals surface area contributed by atoms with Gasteiger partial charge in [0.05, 0.1) is 6.04 Å². The molecule has 1 fully saturated rings. The maximum atomic E-state index is 12.3. The number of carbonyl (C=O) groups excluding carboxylic acids is 1. The molecule has 0 saturated carbocycles. The van der Waals surface area contributed by atoms with Gasteiger partial charge in [-0.2, -0.15) is 0 Å². The normalized spacial score (nSPS) is 17.7. The molecule has 1 atom stereocenters. The van der Waals surface area contributed by atoms with Gasteiger partial charge in [0.15, 0.2) is 0 Å². The van der Waals surface area contributed by atoms with Crippen LogP contribution in [0.4, 0.5) is 4.79 Å². The standard InChI is InChI=1S/C17H27N3O2/c1-14-5-7-16(8-6-14)22-13-15(2)18-17(21)20-10-4-9-19(3)11-12-20/h5-8,15H,4,9-13H2,1-3H3,(H,18,21). The number of nitrogens with one attached hydrogen (secondary N) is 1. The molecule has 5 nitrogen and oxygen atoms in total. The molecule has 0 aromatic heterocycles. The molecule has 1 N–H and O–H groups in total. The van der Waals surface area contributed by atoms with Gasteiger partial charge in [0.2, 0.25) is 0 Å². The van der Waals surface area contributed by atoms with E-state index in [0.29, 0.717) is 6.61 Å². The predicted octanol–water partition coefficient (Wildman–Crippen LogP) is 2.11. The molecule has 1 aliphatic rings. The Hall–Kier alpha value is -1.75. The molecule has 5 heteroatoms. The van der Waals surface area contributed by atoms with E-state index in [2.05, 4.69) is 17.3 Å². The van der Waals surface area contributed by atoms with Gasteiger partial charge in [-0.25, -0.2) is 4.79 Å². The Bertz CT molecular complexity index is 475. The van der Waals surface area contributed by atoms with E-state index in [1.165, 1.54) is 5.56 Å². The molecule has 1 saturated heterocycles. The van der Waals surface area contributed by atoms with Gasteiger partial charge in [0.1, 0.15) is 12.4 Å². The first-order valence-corrected chi connectivity index (χ1v) is 7.98. The highest BCUT2D eigenvalue weighted by Crippen LogP contribution is 2.11. The summed E-state index contributed by atoms with van der Waals surface area (Å²) in [6.45, 7) is 8.08. The minimum absolute atomic E-state index is 0.00954. The zero-order chi connectivity index (χ0) is 15.9. The van der Waals surface area contributed by atoms with Gasteiger partial charge >= 0.3 is 6.03 Å². The zero-order valence-electron chi connectivity index (χ0n) is 13.8. The maximum Gasteiger partial charge on any atom is 0.317 e. The fourth-order valence-corrected chi connectivity index (χ4v) is 2.45. The van der Waals surface area contributed by atoms with Crippen molar-refractivity contribution in [2.45, 2.75) is 26.3 Å². The van der Waals surface area contributed by atoms with Gasteiger partial charge in [0, 0.05) is 19.6 Å². The lowest BCUT2D eigenvalue weighted by Crippen LogP contribution is -2.46. The molecular formula is C17H27N3O2. The van der Waals surface area contributed by atoms with Gasteiger partial charge in [-0.15, -0.1) is 0 Å². The molecule has 0 radical (unpaired) electrons. The number of likely N-dealkylation sites (N-methyl/N-ethyl adjacent to an activating group) is 1. The smallest absolute Gasteiger partial charge is 0.317 e. The fourth-order valence-electron chi connectivity index (χ4n) is 2.45. The van der Waals surface area contributed by atoms with Crippen LogP contribution in [0.3, 0.4) is 0 Å². The molecular weight excluding hydrogens is 278 g/mol. The monoisotopic (exact) mass is 305 g/mol. The third-order valence-corrected chi connectivity index (χ3v) is 3.90. The largest absolute Gasteiger partial charge is 0.491 e. The molecule has 0 bridgehead atoms. The van der Waals surface area contributed by atoms with Gasteiger partial charge in [-0.05, 0) is 46.0 Å². The molecule has 2 amide bonds. The lowest BCUT2D eigenvalue weighted by Gasteiger charge is -2.23. The Labute approximate surface area is 133 Å². The van der Waals surface area contributed by atoms with Gasteiger partial charge in [-0.3, -0.25) is 0 Å². The highest BCUT2D eigenvalue weighted by atomic mass is 16.5. The van der Waals surface area contributed by atoms with E-state index in [1.807, 2.05) is 43.0 Å². The number of hydrogen-bond acceptors (Lipinski definition) is 3. The van der Waals surface area contributed by atoms with Crippen molar-refractivity contribution in [2.24, 2.45) is 0 Å². The van der Waals surface area contributed by atoms with Crippen molar-refractivity contribution in [3.63, 3.8) is 0 Å². The second-order valence-electron chi connectivity index (χ2n) is 6.12. The first kappa shape index (κ1) is 16.6. The lowest BCUT2D eigenvalue weighted by molar-refractivity contribution is 0.189. The Morgan fingerprint density at radius 2 is 1.95 bits per heavy atom. The van der Waals surface area contributed by atoms with Crippen LogP contribution in [0.2, 0.25) is 0 Å². The summed E-state index contributed by atoms with van der Waals surface area (Å²) in [4.78, 5) is 16.4. The first-order valence-electron chi connectivity index (χ1n) is 7.98. The second kappa shape index (κ2) is 8.03. The number of ether oxygens (including phenoxy) is 1. The Balaban J connectivity index is 1.74. The summed E-state index contributed by atoms with van der Waals surface area (Å²) in [6, 6.07) is 7.94. The summed E-state index contributed by atoms with van der Waals surface area (Å²) in [5, 5.41) is 3.02. The van der Waals surface area contributed by atoms with E-state index < -0.39 is 0 Å². The molecule has 0 aliphatic carbocycles. The fraction of sp³-hybridized carbons (Fsp3) is 0.588. The number of carbonyl (C=O) groups is 1. The van der Waals surface area contributed by atoms with E-state index >= 15 is 0 Å². The van der Waals surface area contributed by atoms with Crippen LogP contribution in [0.15, 0.2) is 24.3 Å². The Morgan fingerprint density at radius 1 is 1.23 bits per heavy atom. The minimum atomic E-state index is -0.0187. The van der Waals surface area contributed by atoms with Gasteiger partial charge in [-0.1, -0.05) is 17.7 Å². The third kappa shape index (κ3) is 5.22. The van der Waals surface area contributed by atoms with Crippen LogP contribution in [0.5, 0.6) is 5.75 Å². The second-order valence-corrected chi connectivity index (χ2v) is 6.12. The molecule has 1 unspecified atom stereocenters. The lowest BCUT2D eigenvalue weighted by atomic mass is 10.2. The molecule has 1 heterocycles. The highest BCUT2D eigenvalue weighted by Gasteiger charge is 2.18. The van der Waals surface area contributed by atoms with E-state index in [4.69, 9.17) is 4.74 Å². The van der Waals surface area contributed by atoms with Gasteiger partial charge < -0.3 is 19.9 Å². The SMILES string of the molecule is Cc1ccc(OCC(C)NC(=O)N2CCCN(C)CC2)cc1. The van der Waals surface area contributed by atoms with Crippen molar-refractivity contribution in [3.8, 4) is 5.75 Å². The third-order valence-electron chi connectivity index (χ3n) is 3.90. The summed E-state index contributed by atoms with van der Waals surface area (Å²) < 4.78 is 5.71.